The van der Waals surface area contributed by atoms with Crippen LogP contribution < -0.4 is 0 Å². The van der Waals surface area contributed by atoms with Crippen LogP contribution >= 0.6 is 0 Å². The summed E-state index contributed by atoms with van der Waals surface area (Å²) in [5.74, 6) is 0.0810. The van der Waals surface area contributed by atoms with Crippen molar-refractivity contribution in [3.63, 3.8) is 0 Å². The maximum atomic E-state index is 14.6. The van der Waals surface area contributed by atoms with Crippen molar-refractivity contribution >= 4 is 28.1 Å². The number of carbonyl (C=O) groups is 1. The summed E-state index contributed by atoms with van der Waals surface area (Å²) in [6.45, 7) is 17.6. The van der Waals surface area contributed by atoms with E-state index >= 15 is 0 Å². The molecule has 1 aliphatic carbocycles. The smallest absolute Gasteiger partial charge is 0.195 e. The van der Waals surface area contributed by atoms with Crippen LogP contribution in [0.2, 0.25) is 0 Å². The first kappa shape index (κ1) is 27.6. The highest BCUT2D eigenvalue weighted by Crippen LogP contribution is 2.50. The molecule has 1 heteroatoms. The van der Waals surface area contributed by atoms with E-state index < -0.39 is 0 Å². The molecule has 0 radical (unpaired) electrons. The predicted octanol–water partition coefficient (Wildman–Crippen LogP) is 10.0. The van der Waals surface area contributed by atoms with Crippen LogP contribution in [-0.2, 0) is 15.6 Å². The summed E-state index contributed by atoms with van der Waals surface area (Å²) < 4.78 is 0. The molecule has 0 fully saturated rings. The number of ketones is 1. The van der Waals surface area contributed by atoms with Crippen LogP contribution in [0.15, 0.2) is 97.1 Å². The molecule has 0 amide bonds. The number of benzene rings is 4. The number of allylic oxidation sites excluding steroid dienone is 4. The van der Waals surface area contributed by atoms with Gasteiger partial charge in [-0.05, 0) is 58.1 Å². The molecule has 0 atom stereocenters. The highest BCUT2D eigenvalue weighted by molar-refractivity contribution is 6.59. The SMILES string of the molecule is Cc1ccc(C2=C(c3ccc(C(C)(C)C)cc3)C(c3ccc(C(C)(C)C)cc3)=C(c3ccc(C)cc3)C2=O)cc1. The number of aryl methyl sites for hydroxylation is 2. The molecule has 1 nitrogen and oxygen atoms in total. The van der Waals surface area contributed by atoms with Gasteiger partial charge < -0.3 is 0 Å². The fourth-order valence-electron chi connectivity index (χ4n) is 5.44. The Bertz CT molecular complexity index is 1480. The van der Waals surface area contributed by atoms with Crippen molar-refractivity contribution in [2.75, 3.05) is 0 Å². The molecule has 202 valence electrons. The Hall–Kier alpha value is -3.97. The van der Waals surface area contributed by atoms with Gasteiger partial charge in [-0.1, -0.05) is 150 Å². The maximum Gasteiger partial charge on any atom is 0.195 e. The number of hydrogen-bond acceptors (Lipinski definition) is 1. The minimum atomic E-state index is 0.0483. The molecule has 0 aliphatic heterocycles. The van der Waals surface area contributed by atoms with Crippen molar-refractivity contribution < 1.29 is 4.79 Å². The number of rotatable bonds is 4. The van der Waals surface area contributed by atoms with E-state index in [1.807, 2.05) is 0 Å². The van der Waals surface area contributed by atoms with Gasteiger partial charge in [0.15, 0.2) is 5.78 Å². The summed E-state index contributed by atoms with van der Waals surface area (Å²) in [6, 6.07) is 34.4. The van der Waals surface area contributed by atoms with Gasteiger partial charge in [-0.2, -0.15) is 0 Å². The van der Waals surface area contributed by atoms with E-state index in [0.717, 1.165) is 44.5 Å². The molecule has 0 bridgehead atoms. The van der Waals surface area contributed by atoms with E-state index in [9.17, 15) is 4.79 Å². The molecule has 0 heterocycles. The molecule has 0 saturated carbocycles. The van der Waals surface area contributed by atoms with Crippen LogP contribution in [0, 0.1) is 13.8 Å². The van der Waals surface area contributed by atoms with E-state index in [2.05, 4.69) is 152 Å². The minimum Gasteiger partial charge on any atom is -0.289 e. The molecule has 1 aliphatic rings. The first-order valence-corrected chi connectivity index (χ1v) is 14.2. The molecule has 4 aromatic carbocycles. The van der Waals surface area contributed by atoms with Gasteiger partial charge in [0.25, 0.3) is 0 Å². The Balaban J connectivity index is 1.83. The Morgan fingerprint density at radius 3 is 0.900 bits per heavy atom. The highest BCUT2D eigenvalue weighted by atomic mass is 16.1. The summed E-state index contributed by atoms with van der Waals surface area (Å²) in [7, 11) is 0. The van der Waals surface area contributed by atoms with E-state index in [0.29, 0.717) is 0 Å². The Morgan fingerprint density at radius 1 is 0.375 bits per heavy atom. The summed E-state index contributed by atoms with van der Waals surface area (Å²) in [5, 5.41) is 0. The first-order valence-electron chi connectivity index (χ1n) is 14.2. The second kappa shape index (κ2) is 10.2. The monoisotopic (exact) mass is 524 g/mol. The lowest BCUT2D eigenvalue weighted by molar-refractivity contribution is -0.108. The summed E-state index contributed by atoms with van der Waals surface area (Å²) in [4.78, 5) is 14.6. The van der Waals surface area contributed by atoms with Gasteiger partial charge in [-0.25, -0.2) is 0 Å². The third kappa shape index (κ3) is 5.26. The zero-order valence-corrected chi connectivity index (χ0v) is 25.1. The fourth-order valence-corrected chi connectivity index (χ4v) is 5.44. The second-order valence-corrected chi connectivity index (χ2v) is 13.2. The van der Waals surface area contributed by atoms with Crippen LogP contribution in [0.5, 0.6) is 0 Å². The van der Waals surface area contributed by atoms with E-state index in [1.165, 1.54) is 22.3 Å². The van der Waals surface area contributed by atoms with Crippen molar-refractivity contribution in [2.45, 2.75) is 66.2 Å². The number of carbonyl (C=O) groups excluding carboxylic acids is 1. The molecule has 0 saturated heterocycles. The van der Waals surface area contributed by atoms with Crippen molar-refractivity contribution in [3.05, 3.63) is 142 Å². The lowest BCUT2D eigenvalue weighted by Crippen LogP contribution is -2.11. The van der Waals surface area contributed by atoms with Gasteiger partial charge in [0.1, 0.15) is 0 Å². The first-order chi connectivity index (χ1) is 18.8. The van der Waals surface area contributed by atoms with Crippen molar-refractivity contribution in [1.82, 2.24) is 0 Å². The van der Waals surface area contributed by atoms with Crippen LogP contribution in [-0.4, -0.2) is 5.78 Å². The van der Waals surface area contributed by atoms with Gasteiger partial charge >= 0.3 is 0 Å². The van der Waals surface area contributed by atoms with Gasteiger partial charge in [0, 0.05) is 22.3 Å². The average Bonchev–Trinajstić information content (AvgIpc) is 3.21. The second-order valence-electron chi connectivity index (χ2n) is 13.2. The van der Waals surface area contributed by atoms with Crippen molar-refractivity contribution in [1.29, 1.82) is 0 Å². The van der Waals surface area contributed by atoms with Gasteiger partial charge in [-0.15, -0.1) is 0 Å². The van der Waals surface area contributed by atoms with Crippen LogP contribution in [0.25, 0.3) is 22.3 Å². The molecule has 0 aromatic heterocycles. The number of Topliss-reactive ketones (excluding diaryl/α,β-unsaturated/α-hetero) is 1. The van der Waals surface area contributed by atoms with Crippen LogP contribution in [0.3, 0.4) is 0 Å². The van der Waals surface area contributed by atoms with E-state index in [-0.39, 0.29) is 16.6 Å². The zero-order chi connectivity index (χ0) is 28.8. The van der Waals surface area contributed by atoms with E-state index in [4.69, 9.17) is 0 Å². The third-order valence-electron chi connectivity index (χ3n) is 7.96. The number of hydrogen-bond donors (Lipinski definition) is 0. The minimum absolute atomic E-state index is 0.0483. The Kier molecular flexibility index (Phi) is 7.04. The maximum absolute atomic E-state index is 14.6. The van der Waals surface area contributed by atoms with Crippen molar-refractivity contribution in [3.8, 4) is 0 Å². The Labute approximate surface area is 240 Å². The van der Waals surface area contributed by atoms with Crippen LogP contribution in [0.1, 0.15) is 86.1 Å². The molecule has 5 rings (SSSR count). The lowest BCUT2D eigenvalue weighted by Gasteiger charge is -2.21. The molecule has 0 spiro atoms. The Morgan fingerprint density at radius 2 is 0.625 bits per heavy atom. The molecule has 0 unspecified atom stereocenters. The fraction of sp³-hybridized carbons (Fsp3) is 0.256. The summed E-state index contributed by atoms with van der Waals surface area (Å²) >= 11 is 0. The van der Waals surface area contributed by atoms with Gasteiger partial charge in [0.05, 0.1) is 0 Å². The van der Waals surface area contributed by atoms with E-state index in [1.54, 1.807) is 0 Å². The highest BCUT2D eigenvalue weighted by Gasteiger charge is 2.35. The molecular formula is C39H40O. The zero-order valence-electron chi connectivity index (χ0n) is 25.1. The third-order valence-corrected chi connectivity index (χ3v) is 7.96. The molecular weight excluding hydrogens is 484 g/mol. The predicted molar refractivity (Wildman–Crippen MR) is 171 cm³/mol. The van der Waals surface area contributed by atoms with Crippen molar-refractivity contribution in [2.24, 2.45) is 0 Å². The quantitative estimate of drug-likeness (QED) is 0.260. The normalized spacial score (nSPS) is 14.3. The van der Waals surface area contributed by atoms with Gasteiger partial charge in [0.2, 0.25) is 0 Å². The average molecular weight is 525 g/mol. The molecule has 0 N–H and O–H groups in total. The van der Waals surface area contributed by atoms with Crippen LogP contribution in [0.4, 0.5) is 0 Å². The lowest BCUT2D eigenvalue weighted by atomic mass is 9.83. The molecule has 40 heavy (non-hydrogen) atoms. The topological polar surface area (TPSA) is 17.1 Å². The van der Waals surface area contributed by atoms with Gasteiger partial charge in [-0.3, -0.25) is 4.79 Å². The summed E-state index contributed by atoms with van der Waals surface area (Å²) in [5.41, 5.74) is 12.6. The largest absolute Gasteiger partial charge is 0.289 e. The standard InChI is InChI=1S/C39H40O/c1-25-9-13-29(14-10-25)35-33(27-17-21-31(22-18-27)38(3,4)5)34(28-19-23-32(24-20-28)39(6,7)8)36(37(35)40)30-15-11-26(2)12-16-30/h9-24H,1-8H3. The molecule has 4 aromatic rings. The summed E-state index contributed by atoms with van der Waals surface area (Å²) in [6.07, 6.45) is 0.